The zero-order valence-corrected chi connectivity index (χ0v) is 12.2. The maximum atomic E-state index is 13.3. The molecule has 1 aromatic carbocycles. The van der Waals surface area contributed by atoms with Crippen LogP contribution in [0.2, 0.25) is 0 Å². The molecule has 0 spiro atoms. The van der Waals surface area contributed by atoms with Gasteiger partial charge in [0.2, 0.25) is 0 Å². The minimum atomic E-state index is -4.81. The second-order valence-electron chi connectivity index (χ2n) is 5.34. The van der Waals surface area contributed by atoms with Crippen molar-refractivity contribution in [3.63, 3.8) is 0 Å². The van der Waals surface area contributed by atoms with E-state index >= 15 is 0 Å². The van der Waals surface area contributed by atoms with Gasteiger partial charge in [-0.3, -0.25) is 4.79 Å². The van der Waals surface area contributed by atoms with Crippen molar-refractivity contribution in [1.82, 2.24) is 10.2 Å². The Labute approximate surface area is 126 Å². The smallest absolute Gasteiger partial charge is 0.334 e. The van der Waals surface area contributed by atoms with Gasteiger partial charge < -0.3 is 10.2 Å². The van der Waals surface area contributed by atoms with Crippen LogP contribution in [0.4, 0.5) is 17.6 Å². The lowest BCUT2D eigenvalue weighted by Crippen LogP contribution is -2.42. The number of rotatable bonds is 4. The van der Waals surface area contributed by atoms with Crippen molar-refractivity contribution in [2.24, 2.45) is 0 Å². The number of hydrogen-bond acceptors (Lipinski definition) is 2. The molecule has 0 aromatic heterocycles. The zero-order valence-electron chi connectivity index (χ0n) is 12.2. The number of benzene rings is 1. The molecular weight excluding hydrogens is 300 g/mol. The highest BCUT2D eigenvalue weighted by molar-refractivity contribution is 5.94. The van der Waals surface area contributed by atoms with Crippen LogP contribution in [0.3, 0.4) is 0 Å². The van der Waals surface area contributed by atoms with Gasteiger partial charge >= 0.3 is 6.18 Å². The molecule has 1 aliphatic rings. The molecule has 1 atom stereocenters. The van der Waals surface area contributed by atoms with Crippen molar-refractivity contribution in [2.45, 2.75) is 32.0 Å². The Morgan fingerprint density at radius 1 is 1.41 bits per heavy atom. The first-order valence-electron chi connectivity index (χ1n) is 7.23. The third kappa shape index (κ3) is 3.58. The first kappa shape index (κ1) is 16.7. The van der Waals surface area contributed by atoms with Crippen molar-refractivity contribution in [3.05, 3.63) is 35.1 Å². The second kappa shape index (κ2) is 6.64. The fourth-order valence-electron chi connectivity index (χ4n) is 2.64. The van der Waals surface area contributed by atoms with E-state index in [1.165, 1.54) is 0 Å². The normalized spacial score (nSPS) is 18.5. The summed E-state index contributed by atoms with van der Waals surface area (Å²) in [7, 11) is 0. The number of amides is 1. The maximum absolute atomic E-state index is 13.3. The van der Waals surface area contributed by atoms with E-state index in [9.17, 15) is 22.4 Å². The summed E-state index contributed by atoms with van der Waals surface area (Å²) in [5.41, 5.74) is -1.53. The number of nitrogens with zero attached hydrogens (tertiary/aromatic N) is 1. The summed E-state index contributed by atoms with van der Waals surface area (Å²) in [6, 6.07) is 2.38. The molecule has 22 heavy (non-hydrogen) atoms. The monoisotopic (exact) mass is 318 g/mol. The molecule has 2 rings (SSSR count). The van der Waals surface area contributed by atoms with Gasteiger partial charge in [0.05, 0.1) is 5.56 Å². The summed E-state index contributed by atoms with van der Waals surface area (Å²) in [6.45, 7) is 3.76. The van der Waals surface area contributed by atoms with Crippen LogP contribution in [0.5, 0.6) is 0 Å². The summed E-state index contributed by atoms with van der Waals surface area (Å²) in [6.07, 6.45) is -3.35. The van der Waals surface area contributed by atoms with Gasteiger partial charge in [0.25, 0.3) is 5.91 Å². The van der Waals surface area contributed by atoms with Crippen LogP contribution in [0.15, 0.2) is 18.2 Å². The highest BCUT2D eigenvalue weighted by atomic mass is 19.4. The third-order valence-corrected chi connectivity index (χ3v) is 3.72. The molecule has 0 radical (unpaired) electrons. The van der Waals surface area contributed by atoms with Crippen LogP contribution in [0.1, 0.15) is 35.7 Å². The van der Waals surface area contributed by atoms with Crippen LogP contribution in [0, 0.1) is 5.82 Å². The van der Waals surface area contributed by atoms with Gasteiger partial charge in [-0.15, -0.1) is 0 Å². The second-order valence-corrected chi connectivity index (χ2v) is 5.34. The van der Waals surface area contributed by atoms with Crippen LogP contribution >= 0.6 is 0 Å². The lowest BCUT2D eigenvalue weighted by molar-refractivity contribution is -0.140. The molecule has 0 saturated carbocycles. The van der Waals surface area contributed by atoms with Crippen LogP contribution in [-0.2, 0) is 6.18 Å². The molecular formula is C15H18F4N2O. The molecule has 0 bridgehead atoms. The topological polar surface area (TPSA) is 32.3 Å². The van der Waals surface area contributed by atoms with E-state index in [1.54, 1.807) is 4.90 Å². The Hall–Kier alpha value is -1.63. The van der Waals surface area contributed by atoms with Crippen molar-refractivity contribution in [1.29, 1.82) is 0 Å². The fourth-order valence-corrected chi connectivity index (χ4v) is 2.64. The number of nitrogens with one attached hydrogen (secondary N) is 1. The summed E-state index contributed by atoms with van der Waals surface area (Å²) >= 11 is 0. The summed E-state index contributed by atoms with van der Waals surface area (Å²) in [5.74, 6) is -1.85. The molecule has 1 N–H and O–H groups in total. The van der Waals surface area contributed by atoms with Gasteiger partial charge in [0, 0.05) is 24.7 Å². The molecule has 0 aliphatic carbocycles. The quantitative estimate of drug-likeness (QED) is 0.866. The number of halogens is 4. The lowest BCUT2D eigenvalue weighted by Gasteiger charge is -2.28. The number of hydrogen-bond donors (Lipinski definition) is 1. The van der Waals surface area contributed by atoms with Crippen molar-refractivity contribution >= 4 is 5.91 Å². The molecule has 1 amide bonds. The minimum absolute atomic E-state index is 0.0353. The number of carbonyl (C=O) groups is 1. The molecule has 1 fully saturated rings. The molecule has 122 valence electrons. The zero-order chi connectivity index (χ0) is 16.3. The SMILES string of the molecule is CCCN(C(=O)c1ccc(F)c(C(F)(F)F)c1)C1CCNC1. The Morgan fingerprint density at radius 3 is 2.68 bits per heavy atom. The van der Waals surface area contributed by atoms with Crippen molar-refractivity contribution in [3.8, 4) is 0 Å². The molecule has 1 heterocycles. The fraction of sp³-hybridized carbons (Fsp3) is 0.533. The third-order valence-electron chi connectivity index (χ3n) is 3.72. The molecule has 1 saturated heterocycles. The molecule has 7 heteroatoms. The van der Waals surface area contributed by atoms with Crippen LogP contribution < -0.4 is 5.32 Å². The van der Waals surface area contributed by atoms with E-state index in [1.807, 2.05) is 6.92 Å². The van der Waals surface area contributed by atoms with E-state index in [0.29, 0.717) is 31.6 Å². The Morgan fingerprint density at radius 2 is 2.14 bits per heavy atom. The summed E-state index contributed by atoms with van der Waals surface area (Å²) in [5, 5.41) is 3.13. The predicted octanol–water partition coefficient (Wildman–Crippen LogP) is 3.06. The van der Waals surface area contributed by atoms with Gasteiger partial charge in [-0.25, -0.2) is 4.39 Å². The summed E-state index contributed by atoms with van der Waals surface area (Å²) in [4.78, 5) is 14.1. The van der Waals surface area contributed by atoms with E-state index in [-0.39, 0.29) is 11.6 Å². The highest BCUT2D eigenvalue weighted by Crippen LogP contribution is 2.32. The van der Waals surface area contributed by atoms with Gasteiger partial charge in [-0.2, -0.15) is 13.2 Å². The summed E-state index contributed by atoms with van der Waals surface area (Å²) < 4.78 is 51.6. The Bertz CT molecular complexity index is 539. The van der Waals surface area contributed by atoms with E-state index < -0.39 is 23.5 Å². The molecule has 1 unspecified atom stereocenters. The standard InChI is InChI=1S/C15H18F4N2O/c1-2-7-21(11-5-6-20-9-11)14(22)10-3-4-13(16)12(8-10)15(17,18)19/h3-4,8,11,20H,2,5-7,9H2,1H3. The molecule has 1 aromatic rings. The van der Waals surface area contributed by atoms with Crippen LogP contribution in [0.25, 0.3) is 0 Å². The average Bonchev–Trinajstić information content (AvgIpc) is 2.97. The highest BCUT2D eigenvalue weighted by Gasteiger charge is 2.35. The van der Waals surface area contributed by atoms with Gasteiger partial charge in [-0.05, 0) is 37.6 Å². The van der Waals surface area contributed by atoms with Crippen LogP contribution in [-0.4, -0.2) is 36.5 Å². The first-order chi connectivity index (χ1) is 10.3. The van der Waals surface area contributed by atoms with Gasteiger partial charge in [-0.1, -0.05) is 6.92 Å². The largest absolute Gasteiger partial charge is 0.419 e. The van der Waals surface area contributed by atoms with E-state index in [4.69, 9.17) is 0 Å². The van der Waals surface area contributed by atoms with Gasteiger partial charge in [0.1, 0.15) is 5.82 Å². The minimum Gasteiger partial charge on any atom is -0.334 e. The maximum Gasteiger partial charge on any atom is 0.419 e. The number of alkyl halides is 3. The Balaban J connectivity index is 2.30. The number of carbonyl (C=O) groups excluding carboxylic acids is 1. The Kier molecular flexibility index (Phi) is 5.05. The van der Waals surface area contributed by atoms with E-state index in [0.717, 1.165) is 19.0 Å². The molecule has 3 nitrogen and oxygen atoms in total. The van der Waals surface area contributed by atoms with Crippen molar-refractivity contribution in [2.75, 3.05) is 19.6 Å². The predicted molar refractivity (Wildman–Crippen MR) is 74.0 cm³/mol. The van der Waals surface area contributed by atoms with Gasteiger partial charge in [0.15, 0.2) is 0 Å². The average molecular weight is 318 g/mol. The lowest BCUT2D eigenvalue weighted by atomic mass is 10.1. The van der Waals surface area contributed by atoms with Crippen molar-refractivity contribution < 1.29 is 22.4 Å². The molecule has 1 aliphatic heterocycles. The van der Waals surface area contributed by atoms with E-state index in [2.05, 4.69) is 5.32 Å². The first-order valence-corrected chi connectivity index (χ1v) is 7.23.